The van der Waals surface area contributed by atoms with Crippen molar-refractivity contribution < 1.29 is 9.18 Å². The molecule has 5 heteroatoms. The van der Waals surface area contributed by atoms with Crippen LogP contribution in [0.2, 0.25) is 0 Å². The molecule has 0 aliphatic rings. The normalized spacial score (nSPS) is 10.1. The predicted octanol–water partition coefficient (Wildman–Crippen LogP) is 2.59. The van der Waals surface area contributed by atoms with Gasteiger partial charge in [-0.1, -0.05) is 15.9 Å². The van der Waals surface area contributed by atoms with Crippen molar-refractivity contribution in [3.8, 4) is 0 Å². The van der Waals surface area contributed by atoms with Crippen LogP contribution in [-0.2, 0) is 0 Å². The van der Waals surface area contributed by atoms with Crippen LogP contribution in [0.25, 0.3) is 0 Å². The van der Waals surface area contributed by atoms with E-state index < -0.39 is 5.82 Å². The van der Waals surface area contributed by atoms with Gasteiger partial charge in [0.15, 0.2) is 5.78 Å². The number of benzene rings is 1. The van der Waals surface area contributed by atoms with Gasteiger partial charge in [0.2, 0.25) is 0 Å². The molecule has 13 heavy (non-hydrogen) atoms. The number of halogens is 3. The number of hydrogen-bond donors (Lipinski definition) is 1. The maximum atomic E-state index is 13.0. The third-order valence-electron chi connectivity index (χ3n) is 1.52. The van der Waals surface area contributed by atoms with E-state index in [1.807, 2.05) is 22.6 Å². The fourth-order valence-corrected chi connectivity index (χ4v) is 1.74. The van der Waals surface area contributed by atoms with E-state index in [2.05, 4.69) is 15.9 Å². The van der Waals surface area contributed by atoms with Crippen LogP contribution < -0.4 is 5.73 Å². The lowest BCUT2D eigenvalue weighted by atomic mass is 10.1. The number of nitrogen functional groups attached to an aromatic ring is 1. The molecule has 0 amide bonds. The Hall–Kier alpha value is -0.170. The number of rotatable bonds is 2. The number of alkyl halides is 1. The highest BCUT2D eigenvalue weighted by atomic mass is 127. The second-order valence-corrected chi connectivity index (χ2v) is 4.13. The average molecular weight is 358 g/mol. The lowest BCUT2D eigenvalue weighted by Crippen LogP contribution is -2.03. The first kappa shape index (κ1) is 10.9. The number of anilines is 1. The predicted molar refractivity (Wildman–Crippen MR) is 61.7 cm³/mol. The Balaban J connectivity index is 3.20. The highest BCUT2D eigenvalue weighted by Gasteiger charge is 2.10. The van der Waals surface area contributed by atoms with Crippen LogP contribution in [0, 0.1) is 9.39 Å². The minimum Gasteiger partial charge on any atom is -0.395 e. The van der Waals surface area contributed by atoms with Crippen molar-refractivity contribution in [2.45, 2.75) is 0 Å². The summed E-state index contributed by atoms with van der Waals surface area (Å²) in [6, 6.07) is 2.73. The maximum absolute atomic E-state index is 13.0. The Labute approximate surface area is 97.0 Å². The zero-order valence-corrected chi connectivity index (χ0v) is 10.2. The van der Waals surface area contributed by atoms with Gasteiger partial charge in [-0.2, -0.15) is 0 Å². The van der Waals surface area contributed by atoms with Gasteiger partial charge in [0.25, 0.3) is 0 Å². The summed E-state index contributed by atoms with van der Waals surface area (Å²) in [7, 11) is 0. The Kier molecular flexibility index (Phi) is 3.66. The lowest BCUT2D eigenvalue weighted by molar-refractivity contribution is 0.102. The molecule has 2 N–H and O–H groups in total. The topological polar surface area (TPSA) is 43.1 Å². The summed E-state index contributed by atoms with van der Waals surface area (Å²) < 4.78 is 13.6. The van der Waals surface area contributed by atoms with E-state index in [-0.39, 0.29) is 16.8 Å². The summed E-state index contributed by atoms with van der Waals surface area (Å²) in [6.07, 6.45) is 0. The van der Waals surface area contributed by atoms with E-state index in [1.165, 1.54) is 0 Å². The van der Waals surface area contributed by atoms with E-state index in [9.17, 15) is 9.18 Å². The fourth-order valence-electron chi connectivity index (χ4n) is 0.822. The van der Waals surface area contributed by atoms with Crippen molar-refractivity contribution in [2.24, 2.45) is 0 Å². The highest BCUT2D eigenvalue weighted by molar-refractivity contribution is 14.1. The van der Waals surface area contributed by atoms with E-state index in [0.717, 1.165) is 6.07 Å². The van der Waals surface area contributed by atoms with Gasteiger partial charge in [0.1, 0.15) is 5.82 Å². The molecule has 0 aliphatic heterocycles. The summed E-state index contributed by atoms with van der Waals surface area (Å²) in [5.74, 6) is -0.701. The zero-order valence-electron chi connectivity index (χ0n) is 6.48. The number of carbonyl (C=O) groups is 1. The molecule has 2 nitrogen and oxygen atoms in total. The van der Waals surface area contributed by atoms with Gasteiger partial charge in [-0.3, -0.25) is 4.79 Å². The minimum absolute atomic E-state index is 0.0896. The molecule has 0 saturated heterocycles. The number of nitrogens with two attached hydrogens (primary N) is 1. The van der Waals surface area contributed by atoms with Crippen LogP contribution in [0.4, 0.5) is 10.1 Å². The molecule has 70 valence electrons. The quantitative estimate of drug-likeness (QED) is 0.382. The summed E-state index contributed by atoms with van der Waals surface area (Å²) in [4.78, 5) is 11.2. The lowest BCUT2D eigenvalue weighted by Gasteiger charge is -2.03. The second kappa shape index (κ2) is 4.36. The van der Waals surface area contributed by atoms with Crippen molar-refractivity contribution in [1.82, 2.24) is 0 Å². The maximum Gasteiger partial charge on any atom is 0.173 e. The van der Waals surface area contributed by atoms with E-state index in [4.69, 9.17) is 5.73 Å². The van der Waals surface area contributed by atoms with E-state index in [0.29, 0.717) is 9.13 Å². The van der Waals surface area contributed by atoms with Crippen LogP contribution in [0.1, 0.15) is 10.4 Å². The van der Waals surface area contributed by atoms with Gasteiger partial charge in [-0.25, -0.2) is 4.39 Å². The average Bonchev–Trinajstić information content (AvgIpc) is 2.12. The number of hydrogen-bond acceptors (Lipinski definition) is 2. The first-order valence-electron chi connectivity index (χ1n) is 3.40. The van der Waals surface area contributed by atoms with Crippen LogP contribution >= 0.6 is 38.5 Å². The molecule has 0 heterocycles. The smallest absolute Gasteiger partial charge is 0.173 e. The fraction of sp³-hybridized carbons (Fsp3) is 0.125. The standard InChI is InChI=1S/C8H6BrFINO/c9-3-7(13)4-1-5(10)8(12)6(11)2-4/h1-2H,3,12H2. The zero-order chi connectivity index (χ0) is 10.0. The molecule has 0 spiro atoms. The number of carbonyl (C=O) groups excluding carboxylic acids is 1. The van der Waals surface area contributed by atoms with Crippen LogP contribution in [0.15, 0.2) is 12.1 Å². The van der Waals surface area contributed by atoms with Gasteiger partial charge >= 0.3 is 0 Å². The molecule has 1 rings (SSSR count). The van der Waals surface area contributed by atoms with Gasteiger partial charge in [0, 0.05) is 9.13 Å². The second-order valence-electron chi connectivity index (χ2n) is 2.41. The van der Waals surface area contributed by atoms with Crippen molar-refractivity contribution in [1.29, 1.82) is 0 Å². The summed E-state index contributed by atoms with van der Waals surface area (Å²) in [6.45, 7) is 0. The molecule has 0 atom stereocenters. The third kappa shape index (κ3) is 2.40. The molecular weight excluding hydrogens is 352 g/mol. The monoisotopic (exact) mass is 357 g/mol. The molecule has 1 aromatic rings. The molecule has 0 aliphatic carbocycles. The Morgan fingerprint density at radius 2 is 2.23 bits per heavy atom. The highest BCUT2D eigenvalue weighted by Crippen LogP contribution is 2.21. The van der Waals surface area contributed by atoms with E-state index in [1.54, 1.807) is 6.07 Å². The SMILES string of the molecule is Nc1c(F)cc(C(=O)CBr)cc1I. The van der Waals surface area contributed by atoms with Crippen LogP contribution in [-0.4, -0.2) is 11.1 Å². The Morgan fingerprint density at radius 1 is 1.62 bits per heavy atom. The molecule has 0 unspecified atom stereocenters. The minimum atomic E-state index is -0.545. The van der Waals surface area contributed by atoms with Crippen LogP contribution in [0.3, 0.4) is 0 Å². The summed E-state index contributed by atoms with van der Waals surface area (Å²) >= 11 is 4.91. The van der Waals surface area contributed by atoms with Gasteiger partial charge in [-0.05, 0) is 34.7 Å². The third-order valence-corrected chi connectivity index (χ3v) is 2.92. The molecule has 1 aromatic carbocycles. The van der Waals surface area contributed by atoms with Crippen molar-refractivity contribution >= 4 is 50.0 Å². The molecular formula is C8H6BrFINO. The summed E-state index contributed by atoms with van der Waals surface area (Å²) in [5, 5.41) is 0.187. The summed E-state index contributed by atoms with van der Waals surface area (Å²) in [5.41, 5.74) is 5.82. The first-order valence-corrected chi connectivity index (χ1v) is 5.60. The molecule has 0 radical (unpaired) electrons. The van der Waals surface area contributed by atoms with Gasteiger partial charge in [0.05, 0.1) is 11.0 Å². The molecule has 0 saturated carbocycles. The molecule has 0 fully saturated rings. The Bertz CT molecular complexity index is 333. The van der Waals surface area contributed by atoms with Gasteiger partial charge < -0.3 is 5.73 Å². The van der Waals surface area contributed by atoms with Crippen molar-refractivity contribution in [2.75, 3.05) is 11.1 Å². The first-order chi connectivity index (χ1) is 6.06. The van der Waals surface area contributed by atoms with Crippen molar-refractivity contribution in [3.63, 3.8) is 0 Å². The van der Waals surface area contributed by atoms with Crippen LogP contribution in [0.5, 0.6) is 0 Å². The largest absolute Gasteiger partial charge is 0.395 e. The van der Waals surface area contributed by atoms with Gasteiger partial charge in [-0.15, -0.1) is 0 Å². The van der Waals surface area contributed by atoms with E-state index >= 15 is 0 Å². The molecule has 0 aromatic heterocycles. The molecule has 0 bridgehead atoms. The van der Waals surface area contributed by atoms with Crippen molar-refractivity contribution in [3.05, 3.63) is 27.1 Å². The number of ketones is 1. The Morgan fingerprint density at radius 3 is 2.69 bits per heavy atom. The number of Topliss-reactive ketones (excluding diaryl/α,β-unsaturated/α-hetero) is 1.